The fourth-order valence-corrected chi connectivity index (χ4v) is 3.27. The number of rotatable bonds is 3. The Labute approximate surface area is 148 Å². The van der Waals surface area contributed by atoms with Gasteiger partial charge < -0.3 is 25.8 Å². The highest BCUT2D eigenvalue weighted by Crippen LogP contribution is 2.43. The molecule has 0 amide bonds. The van der Waals surface area contributed by atoms with Crippen LogP contribution >= 0.6 is 0 Å². The summed E-state index contributed by atoms with van der Waals surface area (Å²) in [5, 5.41) is 30.9. The lowest BCUT2D eigenvalue weighted by Crippen LogP contribution is -2.35. The van der Waals surface area contributed by atoms with E-state index in [9.17, 15) is 15.3 Å². The van der Waals surface area contributed by atoms with E-state index in [-0.39, 0.29) is 5.76 Å². The van der Waals surface area contributed by atoms with E-state index in [0.717, 1.165) is 11.1 Å². The number of hydrogen-bond acceptors (Lipinski definition) is 7. The summed E-state index contributed by atoms with van der Waals surface area (Å²) in [5.41, 5.74) is 6.47. The maximum Gasteiger partial charge on any atom is 0.213 e. The van der Waals surface area contributed by atoms with Crippen molar-refractivity contribution in [3.05, 3.63) is 54.4 Å². The molecule has 1 aliphatic heterocycles. The zero-order valence-corrected chi connectivity index (χ0v) is 14.0. The molecule has 2 atom stereocenters. The number of fused-ring (bicyclic) bond motifs is 1. The number of nitrogens with two attached hydrogens (primary N) is 1. The molecular formula is C18H18N4O4. The van der Waals surface area contributed by atoms with Crippen molar-refractivity contribution in [1.82, 2.24) is 14.5 Å². The first-order chi connectivity index (χ1) is 12.4. The number of aliphatic hydroxyl groups excluding tert-OH is 2. The number of anilines is 1. The molecule has 1 aliphatic rings. The largest absolute Gasteiger partial charge is 0.506 e. The summed E-state index contributed by atoms with van der Waals surface area (Å²) in [6.07, 6.45) is 2.06. The summed E-state index contributed by atoms with van der Waals surface area (Å²) in [5.74, 6) is -0.190. The normalized spacial score (nSPS) is 22.8. The van der Waals surface area contributed by atoms with Crippen molar-refractivity contribution < 1.29 is 20.1 Å². The molecule has 3 heterocycles. The van der Waals surface area contributed by atoms with Gasteiger partial charge in [0.25, 0.3) is 0 Å². The van der Waals surface area contributed by atoms with E-state index in [1.807, 2.05) is 30.3 Å². The predicted molar refractivity (Wildman–Crippen MR) is 94.9 cm³/mol. The first-order valence-electron chi connectivity index (χ1n) is 8.04. The van der Waals surface area contributed by atoms with Gasteiger partial charge in [-0.2, -0.15) is 0 Å². The van der Waals surface area contributed by atoms with Gasteiger partial charge in [0.05, 0.1) is 5.39 Å². The average Bonchev–Trinajstić information content (AvgIpc) is 3.13. The maximum atomic E-state index is 10.7. The van der Waals surface area contributed by atoms with Gasteiger partial charge in [-0.1, -0.05) is 30.3 Å². The van der Waals surface area contributed by atoms with Crippen LogP contribution in [0.2, 0.25) is 0 Å². The Hall–Kier alpha value is -3.10. The Morgan fingerprint density at radius 2 is 2.00 bits per heavy atom. The highest BCUT2D eigenvalue weighted by atomic mass is 16.6. The van der Waals surface area contributed by atoms with Crippen molar-refractivity contribution in [1.29, 1.82) is 0 Å². The van der Waals surface area contributed by atoms with Gasteiger partial charge in [-0.05, 0) is 12.5 Å². The third-order valence-corrected chi connectivity index (χ3v) is 4.60. The summed E-state index contributed by atoms with van der Waals surface area (Å²) in [6, 6.07) is 9.56. The SMILES string of the molecule is CC1(O)C(O)=C(CO)O[C@H]1n1cc(-c2ccccc2)c2c(N)ncnc21. The molecule has 5 N–H and O–H groups in total. The number of aliphatic hydroxyl groups is 3. The van der Waals surface area contributed by atoms with Crippen molar-refractivity contribution in [2.45, 2.75) is 18.8 Å². The molecule has 0 aliphatic carbocycles. The smallest absolute Gasteiger partial charge is 0.213 e. The highest BCUT2D eigenvalue weighted by molar-refractivity contribution is 6.00. The van der Waals surface area contributed by atoms with Crippen molar-refractivity contribution in [2.75, 3.05) is 12.3 Å². The first-order valence-corrected chi connectivity index (χ1v) is 8.04. The number of benzene rings is 1. The molecule has 2 aromatic heterocycles. The number of nitrogen functional groups attached to an aromatic ring is 1. The molecule has 0 fully saturated rings. The first kappa shape index (κ1) is 16.4. The van der Waals surface area contributed by atoms with Gasteiger partial charge >= 0.3 is 0 Å². The number of aromatic nitrogens is 3. The van der Waals surface area contributed by atoms with Crippen molar-refractivity contribution in [3.63, 3.8) is 0 Å². The maximum absolute atomic E-state index is 10.7. The standard InChI is InChI=1S/C18H18N4O4/c1-18(25)14(24)12(8-23)26-17(18)22-7-11(10-5-3-2-4-6-10)13-15(19)20-9-21-16(13)22/h2-7,9,17,23-25H,8H2,1H3,(H2,19,20,21)/t17-,18?/m1/s1. The molecule has 1 unspecified atom stereocenters. The predicted octanol–water partition coefficient (Wildman–Crippen LogP) is 1.72. The van der Waals surface area contributed by atoms with Crippen molar-refractivity contribution >= 4 is 16.9 Å². The van der Waals surface area contributed by atoms with Gasteiger partial charge in [-0.15, -0.1) is 0 Å². The molecule has 4 rings (SSSR count). The van der Waals surface area contributed by atoms with Crippen LogP contribution in [0.25, 0.3) is 22.2 Å². The summed E-state index contributed by atoms with van der Waals surface area (Å²) < 4.78 is 7.20. The van der Waals surface area contributed by atoms with Crippen LogP contribution in [0.3, 0.4) is 0 Å². The summed E-state index contributed by atoms with van der Waals surface area (Å²) in [4.78, 5) is 8.36. The van der Waals surface area contributed by atoms with Crippen LogP contribution in [0.4, 0.5) is 5.82 Å². The Morgan fingerprint density at radius 1 is 1.27 bits per heavy atom. The average molecular weight is 354 g/mol. The minimum absolute atomic E-state index is 0.0786. The third-order valence-electron chi connectivity index (χ3n) is 4.60. The molecule has 0 bridgehead atoms. The molecule has 26 heavy (non-hydrogen) atoms. The Kier molecular flexibility index (Phi) is 3.60. The molecular weight excluding hydrogens is 336 g/mol. The van der Waals surface area contributed by atoms with Gasteiger partial charge in [0, 0.05) is 11.8 Å². The molecule has 0 spiro atoms. The van der Waals surface area contributed by atoms with Gasteiger partial charge in [-0.25, -0.2) is 9.97 Å². The van der Waals surface area contributed by atoms with Gasteiger partial charge in [0.2, 0.25) is 6.23 Å². The van der Waals surface area contributed by atoms with E-state index < -0.39 is 24.2 Å². The minimum Gasteiger partial charge on any atom is -0.506 e. The molecule has 0 saturated carbocycles. The molecule has 0 saturated heterocycles. The topological polar surface area (TPSA) is 127 Å². The second kappa shape index (κ2) is 5.72. The number of hydrogen-bond donors (Lipinski definition) is 4. The van der Waals surface area contributed by atoms with Gasteiger partial charge in [0.15, 0.2) is 17.1 Å². The van der Waals surface area contributed by atoms with E-state index in [1.54, 1.807) is 10.8 Å². The van der Waals surface area contributed by atoms with Crippen LogP contribution in [0, 0.1) is 0 Å². The van der Waals surface area contributed by atoms with Crippen LogP contribution < -0.4 is 5.73 Å². The van der Waals surface area contributed by atoms with Crippen molar-refractivity contribution in [2.24, 2.45) is 0 Å². The molecule has 8 heteroatoms. The summed E-state index contributed by atoms with van der Waals surface area (Å²) in [6.45, 7) is 0.884. The quantitative estimate of drug-likeness (QED) is 0.564. The van der Waals surface area contributed by atoms with Gasteiger partial charge in [0.1, 0.15) is 24.4 Å². The second-order valence-corrected chi connectivity index (χ2v) is 6.32. The van der Waals surface area contributed by atoms with Crippen LogP contribution in [0.15, 0.2) is 54.4 Å². The van der Waals surface area contributed by atoms with E-state index in [4.69, 9.17) is 10.5 Å². The summed E-state index contributed by atoms with van der Waals surface area (Å²) in [7, 11) is 0. The van der Waals surface area contributed by atoms with Crippen molar-refractivity contribution in [3.8, 4) is 11.1 Å². The molecule has 1 aromatic carbocycles. The van der Waals surface area contributed by atoms with E-state index in [0.29, 0.717) is 16.9 Å². The molecule has 8 nitrogen and oxygen atoms in total. The fourth-order valence-electron chi connectivity index (χ4n) is 3.27. The Balaban J connectivity index is 1.95. The van der Waals surface area contributed by atoms with E-state index in [2.05, 4.69) is 9.97 Å². The zero-order chi connectivity index (χ0) is 18.5. The lowest BCUT2D eigenvalue weighted by atomic mass is 10.0. The van der Waals surface area contributed by atoms with Crippen LogP contribution in [0.5, 0.6) is 0 Å². The molecule has 3 aromatic rings. The highest BCUT2D eigenvalue weighted by Gasteiger charge is 2.48. The van der Waals surface area contributed by atoms with Gasteiger partial charge in [-0.3, -0.25) is 4.57 Å². The lowest BCUT2D eigenvalue weighted by Gasteiger charge is -2.26. The molecule has 134 valence electrons. The fraction of sp³-hybridized carbons (Fsp3) is 0.222. The lowest BCUT2D eigenvalue weighted by molar-refractivity contribution is -0.0741. The van der Waals surface area contributed by atoms with Crippen LogP contribution in [0.1, 0.15) is 13.2 Å². The third kappa shape index (κ3) is 2.23. The zero-order valence-electron chi connectivity index (χ0n) is 14.0. The van der Waals surface area contributed by atoms with Crippen LogP contribution in [-0.2, 0) is 4.74 Å². The monoisotopic (exact) mass is 354 g/mol. The number of ether oxygens (including phenoxy) is 1. The number of nitrogens with zero attached hydrogens (tertiary/aromatic N) is 3. The van der Waals surface area contributed by atoms with Crippen LogP contribution in [-0.4, -0.2) is 42.1 Å². The minimum atomic E-state index is -1.74. The Bertz CT molecular complexity index is 1010. The van der Waals surface area contributed by atoms with E-state index in [1.165, 1.54) is 13.3 Å². The second-order valence-electron chi connectivity index (χ2n) is 6.32. The summed E-state index contributed by atoms with van der Waals surface area (Å²) >= 11 is 0. The Morgan fingerprint density at radius 3 is 2.65 bits per heavy atom. The van der Waals surface area contributed by atoms with E-state index >= 15 is 0 Å². The molecule has 0 radical (unpaired) electrons.